The number of amides is 1. The average Bonchev–Trinajstić information content (AvgIpc) is 3.18. The van der Waals surface area contributed by atoms with Gasteiger partial charge in [-0.3, -0.25) is 0 Å². The fraction of sp³-hybridized carbons (Fsp3) is 0.444. The van der Waals surface area contributed by atoms with Gasteiger partial charge in [0.2, 0.25) is 0 Å². The number of ether oxygens (including phenoxy) is 7. The molecule has 1 amide bonds. The number of carbonyl (C=O) groups is 7. The normalized spacial score (nSPS) is 10.1. The first-order valence-electron chi connectivity index (χ1n) is 16.1. The number of unbranched alkanes of at least 4 members (excludes halogenated alkanes) is 3. The molecule has 0 fully saturated rings. The summed E-state index contributed by atoms with van der Waals surface area (Å²) in [6, 6.07) is 0. The summed E-state index contributed by atoms with van der Waals surface area (Å²) in [4.78, 5) is 99.1. The third-order valence-corrected chi connectivity index (χ3v) is 6.68. The SMILES string of the molecule is C=CC(=O)OCC(CNCCCCCCNC(=O)OCC(COC(=O)C=C)(COC(=O)C=C)COC(=O)C=C)(COC(=O)C=C)COC(=O)C=C.O=C=O. The summed E-state index contributed by atoms with van der Waals surface area (Å²) in [6.07, 6.45) is 7.83. The largest absolute Gasteiger partial charge is 0.462 e. The summed E-state index contributed by atoms with van der Waals surface area (Å²) >= 11 is 0. The predicted octanol–water partition coefficient (Wildman–Crippen LogP) is 1.63. The molecule has 0 bridgehead atoms. The molecular formula is C36H48N2O16. The minimum atomic E-state index is -1.45. The van der Waals surface area contributed by atoms with E-state index in [0.29, 0.717) is 25.8 Å². The maximum absolute atomic E-state index is 12.5. The van der Waals surface area contributed by atoms with Crippen LogP contribution in [0.1, 0.15) is 25.7 Å². The molecule has 0 saturated carbocycles. The molecule has 54 heavy (non-hydrogen) atoms. The molecule has 0 aromatic heterocycles. The second kappa shape index (κ2) is 30.5. The molecule has 0 spiro atoms. The van der Waals surface area contributed by atoms with Crippen molar-refractivity contribution in [1.82, 2.24) is 10.6 Å². The zero-order chi connectivity index (χ0) is 41.3. The minimum absolute atomic E-state index is 0.146. The first-order chi connectivity index (χ1) is 25.7. The van der Waals surface area contributed by atoms with Crippen LogP contribution in [0, 0.1) is 10.8 Å². The van der Waals surface area contributed by atoms with Crippen LogP contribution in [0.3, 0.4) is 0 Å². The van der Waals surface area contributed by atoms with Gasteiger partial charge in [0.05, 0.1) is 5.41 Å². The molecule has 0 aliphatic heterocycles. The van der Waals surface area contributed by atoms with Crippen LogP contribution in [0.15, 0.2) is 75.9 Å². The van der Waals surface area contributed by atoms with Gasteiger partial charge in [-0.05, 0) is 19.4 Å². The second-order valence-electron chi connectivity index (χ2n) is 11.0. The Morgan fingerprint density at radius 1 is 0.444 bits per heavy atom. The summed E-state index contributed by atoms with van der Waals surface area (Å²) in [5, 5.41) is 5.80. The molecule has 0 aromatic carbocycles. The maximum Gasteiger partial charge on any atom is 0.407 e. The van der Waals surface area contributed by atoms with Crippen LogP contribution in [0.4, 0.5) is 4.79 Å². The van der Waals surface area contributed by atoms with Gasteiger partial charge >= 0.3 is 48.1 Å². The second-order valence-corrected chi connectivity index (χ2v) is 11.0. The number of nitrogens with one attached hydrogen (secondary N) is 2. The van der Waals surface area contributed by atoms with E-state index < -0.39 is 79.2 Å². The van der Waals surface area contributed by atoms with Gasteiger partial charge in [0, 0.05) is 49.5 Å². The van der Waals surface area contributed by atoms with E-state index in [1.165, 1.54) is 0 Å². The lowest BCUT2D eigenvalue weighted by Crippen LogP contribution is -2.47. The molecule has 0 aliphatic carbocycles. The van der Waals surface area contributed by atoms with Crippen molar-refractivity contribution in [3.63, 3.8) is 0 Å². The summed E-state index contributed by atoms with van der Waals surface area (Å²) in [5.74, 6) is -4.54. The van der Waals surface area contributed by atoms with Crippen molar-refractivity contribution < 1.29 is 76.3 Å². The Hall–Kier alpha value is -6.13. The van der Waals surface area contributed by atoms with Crippen molar-refractivity contribution in [3.05, 3.63) is 75.9 Å². The predicted molar refractivity (Wildman–Crippen MR) is 187 cm³/mol. The lowest BCUT2D eigenvalue weighted by atomic mass is 9.90. The molecule has 298 valence electrons. The molecule has 0 aromatic rings. The standard InChI is InChI=1S/C35H48N2O14.CO2/c1-7-27(38)45-20-34(21-46-28(39)8-2,22-47-29(40)9-3)19-36-17-15-13-14-16-18-37-33(44)51-26-35(23-48-30(41)10-4,24-49-31(42)11-5)25-50-32(43)12-6;2-1-3/h7-12,36H,1-6,13-26H2,(H,37,44);. The molecule has 0 unspecified atom stereocenters. The van der Waals surface area contributed by atoms with Crippen LogP contribution >= 0.6 is 0 Å². The Morgan fingerprint density at radius 2 is 0.722 bits per heavy atom. The number of hydrogen-bond acceptors (Lipinski definition) is 17. The molecule has 0 atom stereocenters. The Balaban J connectivity index is 0. The van der Waals surface area contributed by atoms with E-state index in [2.05, 4.69) is 50.1 Å². The van der Waals surface area contributed by atoms with E-state index >= 15 is 0 Å². The van der Waals surface area contributed by atoms with E-state index in [1.807, 2.05) is 0 Å². The lowest BCUT2D eigenvalue weighted by Gasteiger charge is -2.32. The number of alkyl carbamates (subject to hydrolysis) is 1. The van der Waals surface area contributed by atoms with E-state index in [0.717, 1.165) is 42.9 Å². The third-order valence-electron chi connectivity index (χ3n) is 6.68. The summed E-state index contributed by atoms with van der Waals surface area (Å²) in [6.45, 7) is 18.3. The first-order valence-corrected chi connectivity index (χ1v) is 16.1. The van der Waals surface area contributed by atoms with Crippen LogP contribution in [-0.2, 0) is 71.5 Å². The highest BCUT2D eigenvalue weighted by Crippen LogP contribution is 2.22. The highest BCUT2D eigenvalue weighted by Gasteiger charge is 2.38. The zero-order valence-electron chi connectivity index (χ0n) is 30.1. The van der Waals surface area contributed by atoms with Crippen LogP contribution in [0.25, 0.3) is 0 Å². The van der Waals surface area contributed by atoms with Crippen LogP contribution in [0.5, 0.6) is 0 Å². The molecule has 2 N–H and O–H groups in total. The van der Waals surface area contributed by atoms with Gasteiger partial charge in [0.15, 0.2) is 0 Å². The molecular weight excluding hydrogens is 716 g/mol. The molecule has 18 heteroatoms. The average molecular weight is 765 g/mol. The van der Waals surface area contributed by atoms with Crippen molar-refractivity contribution >= 4 is 48.1 Å². The topological polar surface area (TPSA) is 242 Å². The van der Waals surface area contributed by atoms with Gasteiger partial charge in [-0.2, -0.15) is 9.59 Å². The monoisotopic (exact) mass is 764 g/mol. The molecule has 0 saturated heterocycles. The van der Waals surface area contributed by atoms with E-state index in [-0.39, 0.29) is 39.1 Å². The van der Waals surface area contributed by atoms with Gasteiger partial charge in [-0.1, -0.05) is 52.3 Å². The first kappa shape index (κ1) is 50.0. The Kier molecular flexibility index (Phi) is 28.2. The fourth-order valence-electron chi connectivity index (χ4n) is 3.77. The smallest absolute Gasteiger partial charge is 0.407 e. The Morgan fingerprint density at radius 3 is 1.04 bits per heavy atom. The highest BCUT2D eigenvalue weighted by atomic mass is 16.6. The zero-order valence-corrected chi connectivity index (χ0v) is 30.1. The van der Waals surface area contributed by atoms with Crippen molar-refractivity contribution in [2.45, 2.75) is 25.7 Å². The summed E-state index contributed by atoms with van der Waals surface area (Å²) in [7, 11) is 0. The van der Waals surface area contributed by atoms with Crippen LogP contribution in [0.2, 0.25) is 0 Å². The fourth-order valence-corrected chi connectivity index (χ4v) is 3.77. The molecule has 0 rings (SSSR count). The van der Waals surface area contributed by atoms with E-state index in [4.69, 9.17) is 42.7 Å². The van der Waals surface area contributed by atoms with Crippen molar-refractivity contribution in [2.24, 2.45) is 10.8 Å². The highest BCUT2D eigenvalue weighted by molar-refractivity contribution is 5.83. The molecule has 0 aliphatic rings. The van der Waals surface area contributed by atoms with Gasteiger partial charge in [0.1, 0.15) is 51.7 Å². The third kappa shape index (κ3) is 24.9. The number of rotatable bonds is 29. The number of esters is 6. The van der Waals surface area contributed by atoms with Crippen LogP contribution < -0.4 is 10.6 Å². The summed E-state index contributed by atoms with van der Waals surface area (Å²) in [5.41, 5.74) is -2.57. The maximum atomic E-state index is 12.5. The van der Waals surface area contributed by atoms with Gasteiger partial charge in [0.25, 0.3) is 0 Å². The Bertz CT molecular complexity index is 1230. The number of hydrogen-bond donors (Lipinski definition) is 2. The van der Waals surface area contributed by atoms with Crippen molar-refractivity contribution in [2.75, 3.05) is 65.9 Å². The summed E-state index contributed by atoms with van der Waals surface area (Å²) < 4.78 is 36.2. The lowest BCUT2D eigenvalue weighted by molar-refractivity contribution is -0.192. The molecule has 0 heterocycles. The Labute approximate surface area is 313 Å². The van der Waals surface area contributed by atoms with Crippen molar-refractivity contribution in [3.8, 4) is 0 Å². The van der Waals surface area contributed by atoms with Crippen molar-refractivity contribution in [1.29, 1.82) is 0 Å². The van der Waals surface area contributed by atoms with Crippen LogP contribution in [-0.4, -0.2) is 114 Å². The van der Waals surface area contributed by atoms with Gasteiger partial charge in [-0.15, -0.1) is 0 Å². The molecule has 0 radical (unpaired) electrons. The quantitative estimate of drug-likeness (QED) is 0.0476. The van der Waals surface area contributed by atoms with Gasteiger partial charge in [-0.25, -0.2) is 33.6 Å². The number of carbonyl (C=O) groups excluding carboxylic acids is 9. The van der Waals surface area contributed by atoms with E-state index in [9.17, 15) is 33.6 Å². The molecule has 18 nitrogen and oxygen atoms in total. The van der Waals surface area contributed by atoms with E-state index in [1.54, 1.807) is 0 Å². The van der Waals surface area contributed by atoms with Gasteiger partial charge < -0.3 is 43.8 Å². The minimum Gasteiger partial charge on any atom is -0.462 e.